The maximum Gasteiger partial charge on any atom is 0.408 e. The van der Waals surface area contributed by atoms with Gasteiger partial charge in [-0.15, -0.1) is 0 Å². The van der Waals surface area contributed by atoms with Crippen molar-refractivity contribution in [2.75, 3.05) is 38.0 Å². The molecule has 11 heteroatoms. The number of alkyl carbamates (subject to hydrolysis) is 1. The Morgan fingerprint density at radius 1 is 0.864 bits per heavy atom. The van der Waals surface area contributed by atoms with Gasteiger partial charge >= 0.3 is 6.09 Å². The number of nitrogens with two attached hydrogens (primary N) is 2. The fourth-order valence-electron chi connectivity index (χ4n) is 4.80. The zero-order chi connectivity index (χ0) is 32.0. The molecule has 1 aromatic heterocycles. The lowest BCUT2D eigenvalue weighted by molar-refractivity contribution is -0.128. The zero-order valence-corrected chi connectivity index (χ0v) is 26.1. The molecule has 7 N–H and O–H groups in total. The van der Waals surface area contributed by atoms with Crippen LogP contribution in [0.15, 0.2) is 66.9 Å². The molecule has 0 bridgehead atoms. The van der Waals surface area contributed by atoms with E-state index in [1.54, 1.807) is 27.0 Å². The summed E-state index contributed by atoms with van der Waals surface area (Å²) in [7, 11) is 0. The standard InChI is InChI=1S/C33H47N7O4/c1-33(2,3)44-32(43)39-28(14-9-19-40(20-17-34)21-18-35)31(42)38-29(16-15-24-10-5-4-6-11-24)30(41)37-26-22-25-12-7-8-13-27(25)36-23-26/h4-8,10-13,22-23,28-29H,9,14-21,34-35H2,1-3H3,(H,37,41)(H,38,42)(H,39,43)/t28-,29+/m0/s1. The third-order valence-electron chi connectivity index (χ3n) is 6.92. The molecular weight excluding hydrogens is 558 g/mol. The molecule has 3 aromatic rings. The number of aromatic nitrogens is 1. The first-order valence-electron chi connectivity index (χ1n) is 15.2. The molecule has 2 atom stereocenters. The maximum atomic E-state index is 13.7. The Morgan fingerprint density at radius 2 is 1.52 bits per heavy atom. The summed E-state index contributed by atoms with van der Waals surface area (Å²) in [5.41, 5.74) is 13.1. The Labute approximate surface area is 260 Å². The van der Waals surface area contributed by atoms with Crippen LogP contribution < -0.4 is 27.4 Å². The second-order valence-corrected chi connectivity index (χ2v) is 11.8. The first-order chi connectivity index (χ1) is 21.1. The minimum absolute atomic E-state index is 0.332. The second-order valence-electron chi connectivity index (χ2n) is 11.8. The summed E-state index contributed by atoms with van der Waals surface area (Å²) in [5, 5.41) is 9.42. The van der Waals surface area contributed by atoms with Gasteiger partial charge in [-0.2, -0.15) is 0 Å². The Morgan fingerprint density at radius 3 is 2.20 bits per heavy atom. The van der Waals surface area contributed by atoms with Gasteiger partial charge in [0, 0.05) is 31.6 Å². The van der Waals surface area contributed by atoms with Gasteiger partial charge in [0.2, 0.25) is 11.8 Å². The van der Waals surface area contributed by atoms with E-state index in [0.29, 0.717) is 64.1 Å². The molecule has 0 spiro atoms. The van der Waals surface area contributed by atoms with E-state index in [9.17, 15) is 14.4 Å². The third kappa shape index (κ3) is 11.9. The number of hydrogen-bond acceptors (Lipinski definition) is 8. The van der Waals surface area contributed by atoms with Crippen LogP contribution in [0.25, 0.3) is 10.9 Å². The van der Waals surface area contributed by atoms with Crippen molar-refractivity contribution in [3.63, 3.8) is 0 Å². The molecule has 2 aromatic carbocycles. The number of anilines is 1. The van der Waals surface area contributed by atoms with Crippen molar-refractivity contribution in [2.24, 2.45) is 11.5 Å². The van der Waals surface area contributed by atoms with Gasteiger partial charge in [0.1, 0.15) is 17.7 Å². The molecule has 0 aliphatic carbocycles. The van der Waals surface area contributed by atoms with Gasteiger partial charge in [-0.05, 0) is 70.7 Å². The Kier molecular flexibility index (Phi) is 13.5. The number of carbonyl (C=O) groups is 3. The van der Waals surface area contributed by atoms with Crippen LogP contribution in [0.5, 0.6) is 0 Å². The zero-order valence-electron chi connectivity index (χ0n) is 26.1. The molecular formula is C33H47N7O4. The number of rotatable bonds is 16. The maximum absolute atomic E-state index is 13.7. The van der Waals surface area contributed by atoms with Crippen LogP contribution in [0.2, 0.25) is 0 Å². The molecule has 3 rings (SSSR count). The van der Waals surface area contributed by atoms with Crippen LogP contribution in [0.4, 0.5) is 10.5 Å². The van der Waals surface area contributed by atoms with E-state index >= 15 is 0 Å². The van der Waals surface area contributed by atoms with E-state index in [0.717, 1.165) is 16.5 Å². The number of amides is 3. The van der Waals surface area contributed by atoms with Crippen LogP contribution in [-0.4, -0.2) is 78.2 Å². The summed E-state index contributed by atoms with van der Waals surface area (Å²) in [4.78, 5) is 46.5. The average Bonchev–Trinajstić information content (AvgIpc) is 2.98. The van der Waals surface area contributed by atoms with Gasteiger partial charge in [0.25, 0.3) is 0 Å². The number of carbonyl (C=O) groups excluding carboxylic acids is 3. The lowest BCUT2D eigenvalue weighted by Gasteiger charge is -2.26. The van der Waals surface area contributed by atoms with E-state index in [1.807, 2.05) is 60.7 Å². The predicted molar refractivity (Wildman–Crippen MR) is 174 cm³/mol. The van der Waals surface area contributed by atoms with Crippen LogP contribution in [0, 0.1) is 0 Å². The molecule has 3 amide bonds. The largest absolute Gasteiger partial charge is 0.444 e. The highest BCUT2D eigenvalue weighted by atomic mass is 16.6. The second kappa shape index (κ2) is 17.3. The number of fused-ring (bicyclic) bond motifs is 1. The molecule has 238 valence electrons. The monoisotopic (exact) mass is 605 g/mol. The number of ether oxygens (including phenoxy) is 1. The minimum atomic E-state index is -0.920. The minimum Gasteiger partial charge on any atom is -0.444 e. The Bertz CT molecular complexity index is 1340. The van der Waals surface area contributed by atoms with Crippen molar-refractivity contribution in [2.45, 2.75) is 64.1 Å². The number of para-hydroxylation sites is 1. The van der Waals surface area contributed by atoms with Crippen molar-refractivity contribution in [3.8, 4) is 0 Å². The molecule has 0 saturated heterocycles. The predicted octanol–water partition coefficient (Wildman–Crippen LogP) is 3.18. The number of benzene rings is 2. The number of aryl methyl sites for hydroxylation is 1. The highest BCUT2D eigenvalue weighted by Gasteiger charge is 2.28. The first kappa shape index (κ1) is 34.4. The van der Waals surface area contributed by atoms with E-state index in [2.05, 4.69) is 25.8 Å². The number of nitrogens with zero attached hydrogens (tertiary/aromatic N) is 2. The summed E-state index contributed by atoms with van der Waals surface area (Å²) in [6.45, 7) is 8.26. The molecule has 1 heterocycles. The van der Waals surface area contributed by atoms with E-state index in [1.165, 1.54) is 0 Å². The first-order valence-corrected chi connectivity index (χ1v) is 15.2. The molecule has 0 radical (unpaired) electrons. The van der Waals surface area contributed by atoms with E-state index in [4.69, 9.17) is 16.2 Å². The van der Waals surface area contributed by atoms with Gasteiger partial charge in [-0.3, -0.25) is 14.6 Å². The lowest BCUT2D eigenvalue weighted by Crippen LogP contribution is -2.53. The third-order valence-corrected chi connectivity index (χ3v) is 6.92. The van der Waals surface area contributed by atoms with Gasteiger partial charge < -0.3 is 37.1 Å². The Balaban J connectivity index is 1.77. The highest BCUT2D eigenvalue weighted by Crippen LogP contribution is 2.17. The van der Waals surface area contributed by atoms with Crippen molar-refractivity contribution in [1.29, 1.82) is 0 Å². The van der Waals surface area contributed by atoms with Gasteiger partial charge in [-0.25, -0.2) is 4.79 Å². The van der Waals surface area contributed by atoms with Gasteiger partial charge in [0.05, 0.1) is 17.4 Å². The van der Waals surface area contributed by atoms with Crippen molar-refractivity contribution in [3.05, 3.63) is 72.4 Å². The summed E-state index contributed by atoms with van der Waals surface area (Å²) >= 11 is 0. The summed E-state index contributed by atoms with van der Waals surface area (Å²) < 4.78 is 5.44. The summed E-state index contributed by atoms with van der Waals surface area (Å²) in [6, 6.07) is 17.4. The van der Waals surface area contributed by atoms with Crippen LogP contribution >= 0.6 is 0 Å². The lowest BCUT2D eigenvalue weighted by atomic mass is 10.0. The molecule has 11 nitrogen and oxygen atoms in total. The number of nitrogens with one attached hydrogen (secondary N) is 3. The number of hydrogen-bond donors (Lipinski definition) is 5. The van der Waals surface area contributed by atoms with Crippen molar-refractivity contribution >= 4 is 34.5 Å². The van der Waals surface area contributed by atoms with E-state index < -0.39 is 29.7 Å². The molecule has 0 aliphatic rings. The molecule has 44 heavy (non-hydrogen) atoms. The summed E-state index contributed by atoms with van der Waals surface area (Å²) in [5.74, 6) is -0.843. The van der Waals surface area contributed by atoms with Gasteiger partial charge in [0.15, 0.2) is 0 Å². The molecule has 0 saturated carbocycles. The van der Waals surface area contributed by atoms with Crippen LogP contribution in [0.1, 0.15) is 45.6 Å². The van der Waals surface area contributed by atoms with E-state index in [-0.39, 0.29) is 5.91 Å². The fraction of sp³-hybridized carbons (Fsp3) is 0.455. The molecule has 0 unspecified atom stereocenters. The highest BCUT2D eigenvalue weighted by molar-refractivity contribution is 5.99. The quantitative estimate of drug-likeness (QED) is 0.166. The van der Waals surface area contributed by atoms with Gasteiger partial charge in [-0.1, -0.05) is 48.5 Å². The molecule has 0 fully saturated rings. The average molecular weight is 606 g/mol. The number of pyridine rings is 1. The Hall–Kier alpha value is -4.06. The topological polar surface area (TPSA) is 165 Å². The normalized spacial score (nSPS) is 12.9. The van der Waals surface area contributed by atoms with Crippen LogP contribution in [0.3, 0.4) is 0 Å². The smallest absolute Gasteiger partial charge is 0.408 e. The summed E-state index contributed by atoms with van der Waals surface area (Å²) in [6.07, 6.45) is 2.73. The fourth-order valence-corrected chi connectivity index (χ4v) is 4.80. The van der Waals surface area contributed by atoms with Crippen LogP contribution in [-0.2, 0) is 20.7 Å². The SMILES string of the molecule is CC(C)(C)OC(=O)N[C@@H](CCCN(CCN)CCN)C(=O)N[C@H](CCc1ccccc1)C(=O)Nc1cnc2ccccc2c1. The van der Waals surface area contributed by atoms with Crippen molar-refractivity contribution in [1.82, 2.24) is 20.5 Å². The molecule has 0 aliphatic heterocycles. The van der Waals surface area contributed by atoms with Crippen molar-refractivity contribution < 1.29 is 19.1 Å².